The molecule has 0 aromatic carbocycles. The topological polar surface area (TPSA) is 23.5 Å². The van der Waals surface area contributed by atoms with Crippen molar-refractivity contribution in [2.45, 2.75) is 58.0 Å². The van der Waals surface area contributed by atoms with Crippen LogP contribution < -0.4 is 0 Å². The van der Waals surface area contributed by atoms with Gasteiger partial charge in [-0.1, -0.05) is 33.1 Å². The van der Waals surface area contributed by atoms with E-state index in [-0.39, 0.29) is 5.60 Å². The Morgan fingerprint density at radius 1 is 1.14 bits per heavy atom. The van der Waals surface area contributed by atoms with Crippen LogP contribution in [0.2, 0.25) is 0 Å². The van der Waals surface area contributed by atoms with E-state index >= 15 is 0 Å². The monoisotopic (exact) mass is 199 g/mol. The summed E-state index contributed by atoms with van der Waals surface area (Å²) in [4.78, 5) is 2.38. The number of hydrogen-bond donors (Lipinski definition) is 1. The lowest BCUT2D eigenvalue weighted by Gasteiger charge is -2.36. The molecule has 2 heteroatoms. The molecule has 1 fully saturated rings. The van der Waals surface area contributed by atoms with E-state index in [0.29, 0.717) is 0 Å². The second-order valence-electron chi connectivity index (χ2n) is 4.65. The molecule has 0 unspecified atom stereocenters. The van der Waals surface area contributed by atoms with Crippen LogP contribution in [0.25, 0.3) is 0 Å². The van der Waals surface area contributed by atoms with Gasteiger partial charge in [0, 0.05) is 6.54 Å². The minimum atomic E-state index is -0.372. The Labute approximate surface area is 88.3 Å². The third kappa shape index (κ3) is 3.58. The van der Waals surface area contributed by atoms with Gasteiger partial charge in [0.25, 0.3) is 0 Å². The van der Waals surface area contributed by atoms with E-state index in [1.807, 2.05) is 0 Å². The number of nitrogens with zero attached hydrogens (tertiary/aromatic N) is 1. The maximum Gasteiger partial charge on any atom is 0.0774 e. The zero-order chi connectivity index (χ0) is 10.4. The van der Waals surface area contributed by atoms with Gasteiger partial charge in [0.15, 0.2) is 0 Å². The third-order valence-electron chi connectivity index (χ3n) is 3.29. The Morgan fingerprint density at radius 2 is 1.79 bits per heavy atom. The van der Waals surface area contributed by atoms with Crippen LogP contribution in [0.15, 0.2) is 0 Å². The van der Waals surface area contributed by atoms with Crippen LogP contribution in [-0.4, -0.2) is 35.2 Å². The van der Waals surface area contributed by atoms with Crippen molar-refractivity contribution in [1.82, 2.24) is 4.90 Å². The molecule has 84 valence electrons. The second-order valence-corrected chi connectivity index (χ2v) is 4.65. The zero-order valence-electron chi connectivity index (χ0n) is 9.76. The molecule has 0 atom stereocenters. The molecule has 0 aromatic heterocycles. The predicted molar refractivity (Wildman–Crippen MR) is 60.4 cm³/mol. The van der Waals surface area contributed by atoms with E-state index in [9.17, 15) is 5.11 Å². The maximum absolute atomic E-state index is 10.4. The van der Waals surface area contributed by atoms with Gasteiger partial charge in [0.05, 0.1) is 5.60 Å². The molecule has 0 bridgehead atoms. The summed E-state index contributed by atoms with van der Waals surface area (Å²) in [6.45, 7) is 7.46. The molecule has 0 aromatic rings. The summed E-state index contributed by atoms with van der Waals surface area (Å²) in [6, 6.07) is 0. The number of likely N-dealkylation sites (N-methyl/N-ethyl adjacent to an activating group) is 1. The first-order valence-electron chi connectivity index (χ1n) is 6.15. The molecule has 1 rings (SSSR count). The molecule has 1 N–H and O–H groups in total. The lowest BCUT2D eigenvalue weighted by molar-refractivity contribution is -0.0251. The predicted octanol–water partition coefficient (Wildman–Crippen LogP) is 2.41. The summed E-state index contributed by atoms with van der Waals surface area (Å²) < 4.78 is 0. The van der Waals surface area contributed by atoms with E-state index in [1.54, 1.807) is 0 Å². The molecule has 0 heterocycles. The van der Waals surface area contributed by atoms with E-state index in [1.165, 1.54) is 25.7 Å². The van der Waals surface area contributed by atoms with Gasteiger partial charge in [-0.2, -0.15) is 0 Å². The van der Waals surface area contributed by atoms with Crippen LogP contribution in [-0.2, 0) is 0 Å². The Bertz CT molecular complexity index is 152. The summed E-state index contributed by atoms with van der Waals surface area (Å²) >= 11 is 0. The highest BCUT2D eigenvalue weighted by Crippen LogP contribution is 2.28. The van der Waals surface area contributed by atoms with Gasteiger partial charge in [-0.15, -0.1) is 0 Å². The fraction of sp³-hybridized carbons (Fsp3) is 1.00. The Hall–Kier alpha value is -0.0800. The van der Waals surface area contributed by atoms with Crippen molar-refractivity contribution in [3.05, 3.63) is 0 Å². The fourth-order valence-corrected chi connectivity index (χ4v) is 2.45. The van der Waals surface area contributed by atoms with Gasteiger partial charge < -0.3 is 10.0 Å². The van der Waals surface area contributed by atoms with Crippen molar-refractivity contribution in [1.29, 1.82) is 0 Å². The van der Waals surface area contributed by atoms with Crippen molar-refractivity contribution in [3.63, 3.8) is 0 Å². The summed E-state index contributed by atoms with van der Waals surface area (Å²) in [7, 11) is 0. The molecule has 14 heavy (non-hydrogen) atoms. The number of rotatable bonds is 5. The van der Waals surface area contributed by atoms with Crippen LogP contribution in [0, 0.1) is 0 Å². The van der Waals surface area contributed by atoms with Crippen molar-refractivity contribution in [3.8, 4) is 0 Å². The second kappa shape index (κ2) is 5.72. The molecule has 1 aliphatic rings. The molecule has 1 saturated carbocycles. The van der Waals surface area contributed by atoms with Crippen LogP contribution in [0.1, 0.15) is 52.4 Å². The van der Waals surface area contributed by atoms with E-state index in [4.69, 9.17) is 0 Å². The van der Waals surface area contributed by atoms with Gasteiger partial charge in [-0.05, 0) is 32.4 Å². The number of hydrogen-bond acceptors (Lipinski definition) is 2. The van der Waals surface area contributed by atoms with Crippen molar-refractivity contribution in [2.24, 2.45) is 0 Å². The molecular weight excluding hydrogens is 174 g/mol. The standard InChI is InChI=1S/C12H25NO/c1-3-10-13(4-2)11-12(14)8-6-5-7-9-12/h14H,3-11H2,1-2H3. The minimum Gasteiger partial charge on any atom is -0.389 e. The van der Waals surface area contributed by atoms with Gasteiger partial charge in [0.2, 0.25) is 0 Å². The number of aliphatic hydroxyl groups is 1. The van der Waals surface area contributed by atoms with Gasteiger partial charge >= 0.3 is 0 Å². The van der Waals surface area contributed by atoms with Crippen molar-refractivity contribution < 1.29 is 5.11 Å². The fourth-order valence-electron chi connectivity index (χ4n) is 2.45. The molecule has 2 nitrogen and oxygen atoms in total. The highest BCUT2D eigenvalue weighted by Gasteiger charge is 2.30. The molecular formula is C12H25NO. The molecule has 1 aliphatic carbocycles. The Kier molecular flexibility index (Phi) is 4.90. The van der Waals surface area contributed by atoms with E-state index in [2.05, 4.69) is 18.7 Å². The lowest BCUT2D eigenvalue weighted by Crippen LogP contribution is -2.44. The molecule has 0 aliphatic heterocycles. The van der Waals surface area contributed by atoms with Gasteiger partial charge in [0.1, 0.15) is 0 Å². The van der Waals surface area contributed by atoms with E-state index in [0.717, 1.165) is 32.5 Å². The van der Waals surface area contributed by atoms with Crippen molar-refractivity contribution >= 4 is 0 Å². The average molecular weight is 199 g/mol. The normalized spacial score (nSPS) is 21.4. The maximum atomic E-state index is 10.4. The first-order chi connectivity index (χ1) is 6.70. The Balaban J connectivity index is 2.38. The first-order valence-corrected chi connectivity index (χ1v) is 6.15. The van der Waals surface area contributed by atoms with Gasteiger partial charge in [-0.3, -0.25) is 0 Å². The summed E-state index contributed by atoms with van der Waals surface area (Å²) in [5, 5.41) is 10.4. The van der Waals surface area contributed by atoms with E-state index < -0.39 is 0 Å². The zero-order valence-corrected chi connectivity index (χ0v) is 9.76. The summed E-state index contributed by atoms with van der Waals surface area (Å²) in [6.07, 6.45) is 6.92. The van der Waals surface area contributed by atoms with Crippen LogP contribution >= 0.6 is 0 Å². The van der Waals surface area contributed by atoms with Crippen LogP contribution in [0.5, 0.6) is 0 Å². The lowest BCUT2D eigenvalue weighted by atomic mass is 9.84. The molecule has 0 saturated heterocycles. The highest BCUT2D eigenvalue weighted by molar-refractivity contribution is 4.85. The smallest absolute Gasteiger partial charge is 0.0774 e. The highest BCUT2D eigenvalue weighted by atomic mass is 16.3. The van der Waals surface area contributed by atoms with Gasteiger partial charge in [-0.25, -0.2) is 0 Å². The molecule has 0 radical (unpaired) electrons. The third-order valence-corrected chi connectivity index (χ3v) is 3.29. The minimum absolute atomic E-state index is 0.372. The molecule has 0 spiro atoms. The van der Waals surface area contributed by atoms with Crippen LogP contribution in [0.3, 0.4) is 0 Å². The van der Waals surface area contributed by atoms with Crippen LogP contribution in [0.4, 0.5) is 0 Å². The largest absolute Gasteiger partial charge is 0.389 e. The average Bonchev–Trinajstić information content (AvgIpc) is 2.18. The Morgan fingerprint density at radius 3 is 2.29 bits per heavy atom. The first kappa shape index (κ1) is 12.0. The summed E-state index contributed by atoms with van der Waals surface area (Å²) in [5.74, 6) is 0. The summed E-state index contributed by atoms with van der Waals surface area (Å²) in [5.41, 5.74) is -0.372. The quantitative estimate of drug-likeness (QED) is 0.735. The van der Waals surface area contributed by atoms with Crippen molar-refractivity contribution in [2.75, 3.05) is 19.6 Å². The molecule has 0 amide bonds. The SMILES string of the molecule is CCCN(CC)CC1(O)CCCCC1.